The standard InChI is InChI=1S/C10H20NO/c1-4-5-6-7-10(2,3)8-11-9-12/h4-8H2,1-3H3,(H,11,12). The topological polar surface area (TPSA) is 29.1 Å². The molecule has 1 radical (unpaired) electrons. The van der Waals surface area contributed by atoms with Crippen molar-refractivity contribution in [3.05, 3.63) is 0 Å². The van der Waals surface area contributed by atoms with E-state index in [-0.39, 0.29) is 5.41 Å². The lowest BCUT2D eigenvalue weighted by Gasteiger charge is -2.23. The van der Waals surface area contributed by atoms with Gasteiger partial charge < -0.3 is 5.32 Å². The van der Waals surface area contributed by atoms with Gasteiger partial charge in [-0.1, -0.05) is 40.0 Å². The van der Waals surface area contributed by atoms with Crippen molar-refractivity contribution in [1.29, 1.82) is 0 Å². The minimum absolute atomic E-state index is 0.229. The molecular formula is C10H20NO. The Hall–Kier alpha value is -0.530. The summed E-state index contributed by atoms with van der Waals surface area (Å²) < 4.78 is 0. The van der Waals surface area contributed by atoms with Crippen LogP contribution in [-0.4, -0.2) is 13.0 Å². The smallest absolute Gasteiger partial charge is 0.309 e. The third kappa shape index (κ3) is 6.20. The van der Waals surface area contributed by atoms with Gasteiger partial charge in [-0.15, -0.1) is 0 Å². The van der Waals surface area contributed by atoms with E-state index in [1.807, 2.05) is 0 Å². The molecule has 0 rings (SSSR count). The van der Waals surface area contributed by atoms with Crippen molar-refractivity contribution in [2.75, 3.05) is 6.54 Å². The number of nitrogens with one attached hydrogen (secondary N) is 1. The number of amides is 1. The average molecular weight is 170 g/mol. The molecule has 0 aliphatic heterocycles. The van der Waals surface area contributed by atoms with Gasteiger partial charge in [0.15, 0.2) is 0 Å². The molecule has 0 heterocycles. The normalized spacial score (nSPS) is 11.2. The third-order valence-electron chi connectivity index (χ3n) is 2.10. The number of hydrogen-bond donors (Lipinski definition) is 1. The zero-order chi connectivity index (χ0) is 9.45. The maximum absolute atomic E-state index is 9.95. The molecule has 0 aromatic heterocycles. The first kappa shape index (κ1) is 11.5. The highest BCUT2D eigenvalue weighted by molar-refractivity contribution is 5.47. The van der Waals surface area contributed by atoms with E-state index in [2.05, 4.69) is 26.1 Å². The van der Waals surface area contributed by atoms with Gasteiger partial charge in [-0.25, -0.2) is 0 Å². The zero-order valence-corrected chi connectivity index (χ0v) is 8.44. The summed E-state index contributed by atoms with van der Waals surface area (Å²) in [4.78, 5) is 9.95. The van der Waals surface area contributed by atoms with E-state index in [1.54, 1.807) is 6.41 Å². The van der Waals surface area contributed by atoms with Crippen molar-refractivity contribution in [2.45, 2.75) is 46.5 Å². The van der Waals surface area contributed by atoms with Gasteiger partial charge in [0.2, 0.25) is 0 Å². The van der Waals surface area contributed by atoms with Crippen molar-refractivity contribution in [2.24, 2.45) is 5.41 Å². The van der Waals surface area contributed by atoms with E-state index in [1.165, 1.54) is 25.7 Å². The van der Waals surface area contributed by atoms with Gasteiger partial charge in [-0.05, 0) is 11.8 Å². The molecule has 0 aromatic carbocycles. The van der Waals surface area contributed by atoms with Crippen LogP contribution in [0.5, 0.6) is 0 Å². The maximum Gasteiger partial charge on any atom is 0.309 e. The Morgan fingerprint density at radius 3 is 2.50 bits per heavy atom. The molecule has 12 heavy (non-hydrogen) atoms. The SMILES string of the molecule is CCCCCC(C)(C)CN[C]=O. The molecule has 0 saturated heterocycles. The summed E-state index contributed by atoms with van der Waals surface area (Å²) in [6.07, 6.45) is 6.68. The Balaban J connectivity index is 3.48. The van der Waals surface area contributed by atoms with E-state index in [0.717, 1.165) is 6.54 Å². The molecule has 0 atom stereocenters. The lowest BCUT2D eigenvalue weighted by molar-refractivity contribution is 0.317. The summed E-state index contributed by atoms with van der Waals surface area (Å²) >= 11 is 0. The zero-order valence-electron chi connectivity index (χ0n) is 8.44. The van der Waals surface area contributed by atoms with Gasteiger partial charge in [0.25, 0.3) is 0 Å². The second-order valence-corrected chi connectivity index (χ2v) is 4.08. The highest BCUT2D eigenvalue weighted by Crippen LogP contribution is 2.22. The van der Waals surface area contributed by atoms with Crippen LogP contribution in [0.25, 0.3) is 0 Å². The second kappa shape index (κ2) is 6.04. The Kier molecular flexibility index (Phi) is 5.77. The molecule has 0 bridgehead atoms. The van der Waals surface area contributed by atoms with Crippen LogP contribution in [0.2, 0.25) is 0 Å². The molecule has 0 spiro atoms. The summed E-state index contributed by atoms with van der Waals surface area (Å²) in [6.45, 7) is 7.28. The monoisotopic (exact) mass is 170 g/mol. The van der Waals surface area contributed by atoms with Gasteiger partial charge >= 0.3 is 6.41 Å². The van der Waals surface area contributed by atoms with Gasteiger partial charge in [0.1, 0.15) is 0 Å². The van der Waals surface area contributed by atoms with Gasteiger partial charge in [0.05, 0.1) is 0 Å². The highest BCUT2D eigenvalue weighted by Gasteiger charge is 2.16. The van der Waals surface area contributed by atoms with E-state index in [0.29, 0.717) is 0 Å². The number of unbranched alkanes of at least 4 members (excludes halogenated alkanes) is 2. The van der Waals surface area contributed by atoms with E-state index >= 15 is 0 Å². The van der Waals surface area contributed by atoms with Crippen molar-refractivity contribution < 1.29 is 4.79 Å². The van der Waals surface area contributed by atoms with Crippen molar-refractivity contribution in [3.8, 4) is 0 Å². The summed E-state index contributed by atoms with van der Waals surface area (Å²) in [5.41, 5.74) is 0.229. The quantitative estimate of drug-likeness (QED) is 0.461. The number of hydrogen-bond acceptors (Lipinski definition) is 1. The van der Waals surface area contributed by atoms with Gasteiger partial charge in [-0.3, -0.25) is 4.79 Å². The summed E-state index contributed by atoms with van der Waals surface area (Å²) in [5.74, 6) is 0. The summed E-state index contributed by atoms with van der Waals surface area (Å²) in [7, 11) is 0. The van der Waals surface area contributed by atoms with Crippen LogP contribution in [0.1, 0.15) is 46.5 Å². The lowest BCUT2D eigenvalue weighted by Crippen LogP contribution is -2.28. The molecule has 1 amide bonds. The highest BCUT2D eigenvalue weighted by atomic mass is 16.1. The molecule has 0 saturated carbocycles. The van der Waals surface area contributed by atoms with Crippen LogP contribution >= 0.6 is 0 Å². The predicted octanol–water partition coefficient (Wildman–Crippen LogP) is 2.25. The fourth-order valence-corrected chi connectivity index (χ4v) is 1.22. The third-order valence-corrected chi connectivity index (χ3v) is 2.10. The first-order valence-corrected chi connectivity index (χ1v) is 4.72. The Labute approximate surface area is 75.7 Å². The molecule has 0 aromatic rings. The van der Waals surface area contributed by atoms with E-state index < -0.39 is 0 Å². The van der Waals surface area contributed by atoms with Crippen LogP contribution in [0, 0.1) is 5.41 Å². The summed E-state index contributed by atoms with van der Waals surface area (Å²) in [5, 5.41) is 2.61. The van der Waals surface area contributed by atoms with Gasteiger partial charge in [0, 0.05) is 6.54 Å². The summed E-state index contributed by atoms with van der Waals surface area (Å²) in [6, 6.07) is 0. The first-order valence-electron chi connectivity index (χ1n) is 4.72. The molecular weight excluding hydrogens is 150 g/mol. The Bertz CT molecular complexity index is 121. The molecule has 0 unspecified atom stereocenters. The number of carbonyl (C=O) groups excluding carboxylic acids is 1. The van der Waals surface area contributed by atoms with Crippen molar-refractivity contribution in [3.63, 3.8) is 0 Å². The van der Waals surface area contributed by atoms with Crippen molar-refractivity contribution in [1.82, 2.24) is 5.32 Å². The molecule has 2 heteroatoms. The largest absolute Gasteiger partial charge is 0.347 e. The molecule has 0 fully saturated rings. The fraction of sp³-hybridized carbons (Fsp3) is 0.900. The minimum atomic E-state index is 0.229. The van der Waals surface area contributed by atoms with Crippen LogP contribution in [0.4, 0.5) is 0 Å². The Morgan fingerprint density at radius 1 is 1.33 bits per heavy atom. The molecule has 0 aliphatic carbocycles. The molecule has 71 valence electrons. The van der Waals surface area contributed by atoms with Crippen LogP contribution in [-0.2, 0) is 4.79 Å². The molecule has 1 N–H and O–H groups in total. The number of rotatable bonds is 7. The lowest BCUT2D eigenvalue weighted by atomic mass is 9.87. The first-order chi connectivity index (χ1) is 5.62. The fourth-order valence-electron chi connectivity index (χ4n) is 1.22. The second-order valence-electron chi connectivity index (χ2n) is 4.08. The van der Waals surface area contributed by atoms with Crippen LogP contribution < -0.4 is 5.32 Å². The van der Waals surface area contributed by atoms with E-state index in [4.69, 9.17) is 0 Å². The Morgan fingerprint density at radius 2 is 2.00 bits per heavy atom. The molecule has 0 aliphatic rings. The average Bonchev–Trinajstić information content (AvgIpc) is 2.01. The minimum Gasteiger partial charge on any atom is -0.347 e. The van der Waals surface area contributed by atoms with Gasteiger partial charge in [-0.2, -0.15) is 0 Å². The maximum atomic E-state index is 9.95. The molecule has 2 nitrogen and oxygen atoms in total. The van der Waals surface area contributed by atoms with Crippen molar-refractivity contribution >= 4 is 6.41 Å². The van der Waals surface area contributed by atoms with Crippen LogP contribution in [0.15, 0.2) is 0 Å². The van der Waals surface area contributed by atoms with E-state index in [9.17, 15) is 4.79 Å². The predicted molar refractivity (Wildman–Crippen MR) is 51.6 cm³/mol. The van der Waals surface area contributed by atoms with Crippen LogP contribution in [0.3, 0.4) is 0 Å².